The van der Waals surface area contributed by atoms with Crippen molar-refractivity contribution in [3.05, 3.63) is 65.5 Å². The van der Waals surface area contributed by atoms with Crippen molar-refractivity contribution >= 4 is 15.9 Å². The van der Waals surface area contributed by atoms with Crippen molar-refractivity contribution in [3.63, 3.8) is 0 Å². The molecule has 1 aromatic heterocycles. The van der Waals surface area contributed by atoms with Gasteiger partial charge in [-0.15, -0.1) is 0 Å². The molecule has 3 rings (SSSR count). The second-order valence-electron chi connectivity index (χ2n) is 6.50. The first-order valence-electron chi connectivity index (χ1n) is 8.69. The average Bonchev–Trinajstić information content (AvgIpc) is 2.90. The lowest BCUT2D eigenvalue weighted by molar-refractivity contribution is 0.0758. The third kappa shape index (κ3) is 4.47. The first kappa shape index (κ1) is 18.5. The monoisotopic (exact) mass is 373 g/mol. The van der Waals surface area contributed by atoms with Gasteiger partial charge in [0.05, 0.1) is 5.75 Å². The molecule has 0 bridgehead atoms. The van der Waals surface area contributed by atoms with Crippen molar-refractivity contribution < 1.29 is 13.2 Å². The van der Waals surface area contributed by atoms with Gasteiger partial charge in [0.15, 0.2) is 0 Å². The molecule has 0 spiro atoms. The van der Waals surface area contributed by atoms with Gasteiger partial charge in [-0.05, 0) is 31.0 Å². The zero-order valence-corrected chi connectivity index (χ0v) is 15.7. The smallest absolute Gasteiger partial charge is 0.272 e. The molecular weight excluding hydrogens is 350 g/mol. The Kier molecular flexibility index (Phi) is 5.68. The number of benzene rings is 1. The van der Waals surface area contributed by atoms with Gasteiger partial charge < -0.3 is 4.90 Å². The standard InChI is InChI=1S/C19H23N3O3S/c1-16-6-8-17(9-7-16)15-26(24,25)22-12-4-11-21(13-14-22)19(23)18-5-2-3-10-20-18/h2-3,5-10H,4,11-15H2,1H3. The van der Waals surface area contributed by atoms with Crippen molar-refractivity contribution in [2.75, 3.05) is 26.2 Å². The van der Waals surface area contributed by atoms with E-state index in [1.54, 1.807) is 29.3 Å². The molecule has 1 aliphatic heterocycles. The van der Waals surface area contributed by atoms with Crippen LogP contribution < -0.4 is 0 Å². The zero-order chi connectivity index (χ0) is 18.6. The van der Waals surface area contributed by atoms with Crippen LogP contribution in [0.2, 0.25) is 0 Å². The molecule has 1 saturated heterocycles. The Morgan fingerprint density at radius 3 is 2.50 bits per heavy atom. The lowest BCUT2D eigenvalue weighted by Gasteiger charge is -2.21. The number of hydrogen-bond donors (Lipinski definition) is 0. The summed E-state index contributed by atoms with van der Waals surface area (Å²) in [5, 5.41) is 0. The Morgan fingerprint density at radius 2 is 1.81 bits per heavy atom. The molecule has 2 aromatic rings. The van der Waals surface area contributed by atoms with Crippen molar-refractivity contribution in [1.29, 1.82) is 0 Å². The Labute approximate surface area is 154 Å². The van der Waals surface area contributed by atoms with Gasteiger partial charge in [0.2, 0.25) is 10.0 Å². The normalized spacial score (nSPS) is 16.3. The number of hydrogen-bond acceptors (Lipinski definition) is 4. The van der Waals surface area contributed by atoms with Gasteiger partial charge in [0.1, 0.15) is 5.69 Å². The largest absolute Gasteiger partial charge is 0.336 e. The number of pyridine rings is 1. The van der Waals surface area contributed by atoms with Crippen LogP contribution in [0.1, 0.15) is 28.0 Å². The molecular formula is C19H23N3O3S. The Hall–Kier alpha value is -2.25. The van der Waals surface area contributed by atoms with Crippen molar-refractivity contribution in [1.82, 2.24) is 14.2 Å². The first-order valence-corrected chi connectivity index (χ1v) is 10.3. The van der Waals surface area contributed by atoms with Gasteiger partial charge in [-0.25, -0.2) is 8.42 Å². The van der Waals surface area contributed by atoms with Crippen LogP contribution >= 0.6 is 0 Å². The minimum atomic E-state index is -3.41. The van der Waals surface area contributed by atoms with Gasteiger partial charge in [-0.3, -0.25) is 9.78 Å². The molecule has 0 unspecified atom stereocenters. The summed E-state index contributed by atoms with van der Waals surface area (Å²) in [5.74, 6) is -0.162. The quantitative estimate of drug-likeness (QED) is 0.823. The highest BCUT2D eigenvalue weighted by Crippen LogP contribution is 2.15. The van der Waals surface area contributed by atoms with E-state index in [0.717, 1.165) is 11.1 Å². The van der Waals surface area contributed by atoms with E-state index in [1.807, 2.05) is 31.2 Å². The van der Waals surface area contributed by atoms with Crippen LogP contribution in [0, 0.1) is 6.92 Å². The van der Waals surface area contributed by atoms with Crippen LogP contribution in [0.3, 0.4) is 0 Å². The first-order chi connectivity index (χ1) is 12.5. The van der Waals surface area contributed by atoms with Crippen LogP contribution in [0.5, 0.6) is 0 Å². The molecule has 7 heteroatoms. The molecule has 0 saturated carbocycles. The molecule has 138 valence electrons. The summed E-state index contributed by atoms with van der Waals surface area (Å²) in [6.07, 6.45) is 2.20. The van der Waals surface area contributed by atoms with Crippen molar-refractivity contribution in [2.45, 2.75) is 19.1 Å². The second-order valence-corrected chi connectivity index (χ2v) is 8.47. The molecule has 1 amide bonds. The summed E-state index contributed by atoms with van der Waals surface area (Å²) < 4.78 is 27.0. The lowest BCUT2D eigenvalue weighted by atomic mass is 10.2. The Morgan fingerprint density at radius 1 is 1.04 bits per heavy atom. The maximum absolute atomic E-state index is 12.7. The summed E-state index contributed by atoms with van der Waals surface area (Å²) >= 11 is 0. The van der Waals surface area contributed by atoms with E-state index in [9.17, 15) is 13.2 Å². The molecule has 2 heterocycles. The molecule has 0 aliphatic carbocycles. The number of aromatic nitrogens is 1. The van der Waals surface area contributed by atoms with Crippen LogP contribution in [-0.4, -0.2) is 54.7 Å². The number of amides is 1. The van der Waals surface area contributed by atoms with Gasteiger partial charge in [0.25, 0.3) is 5.91 Å². The van der Waals surface area contributed by atoms with E-state index in [2.05, 4.69) is 4.98 Å². The molecule has 0 atom stereocenters. The molecule has 0 N–H and O–H groups in total. The topological polar surface area (TPSA) is 70.6 Å². The number of aryl methyl sites for hydroxylation is 1. The van der Waals surface area contributed by atoms with Crippen LogP contribution in [0.25, 0.3) is 0 Å². The predicted octanol–water partition coefficient (Wildman–Crippen LogP) is 2.07. The van der Waals surface area contributed by atoms with E-state index < -0.39 is 10.0 Å². The number of rotatable bonds is 4. The Balaban J connectivity index is 1.66. The minimum absolute atomic E-state index is 0.0124. The van der Waals surface area contributed by atoms with Gasteiger partial charge in [0, 0.05) is 32.4 Å². The number of nitrogens with zero attached hydrogens (tertiary/aromatic N) is 3. The van der Waals surface area contributed by atoms with E-state index in [0.29, 0.717) is 38.3 Å². The fourth-order valence-corrected chi connectivity index (χ4v) is 4.58. The van der Waals surface area contributed by atoms with Crippen molar-refractivity contribution in [3.8, 4) is 0 Å². The molecule has 26 heavy (non-hydrogen) atoms. The van der Waals surface area contributed by atoms with Gasteiger partial charge in [-0.2, -0.15) is 4.31 Å². The summed E-state index contributed by atoms with van der Waals surface area (Å²) in [7, 11) is -3.41. The highest BCUT2D eigenvalue weighted by Gasteiger charge is 2.27. The molecule has 6 nitrogen and oxygen atoms in total. The maximum atomic E-state index is 12.7. The predicted molar refractivity (Wildman–Crippen MR) is 100 cm³/mol. The van der Waals surface area contributed by atoms with Crippen LogP contribution in [-0.2, 0) is 15.8 Å². The van der Waals surface area contributed by atoms with Gasteiger partial charge in [-0.1, -0.05) is 35.9 Å². The molecule has 0 radical (unpaired) electrons. The summed E-state index contributed by atoms with van der Waals surface area (Å²) in [6, 6.07) is 12.7. The fraction of sp³-hybridized carbons (Fsp3) is 0.368. The third-order valence-electron chi connectivity index (χ3n) is 4.49. The molecule has 1 aromatic carbocycles. The van der Waals surface area contributed by atoms with Gasteiger partial charge >= 0.3 is 0 Å². The average molecular weight is 373 g/mol. The Bertz CT molecular complexity index is 851. The lowest BCUT2D eigenvalue weighted by Crippen LogP contribution is -2.38. The molecule has 1 fully saturated rings. The highest BCUT2D eigenvalue weighted by molar-refractivity contribution is 7.88. The number of sulfonamides is 1. The van der Waals surface area contributed by atoms with E-state index in [1.165, 1.54) is 4.31 Å². The highest BCUT2D eigenvalue weighted by atomic mass is 32.2. The maximum Gasteiger partial charge on any atom is 0.272 e. The van der Waals surface area contributed by atoms with E-state index >= 15 is 0 Å². The zero-order valence-electron chi connectivity index (χ0n) is 14.8. The summed E-state index contributed by atoms with van der Waals surface area (Å²) in [5.41, 5.74) is 2.27. The van der Waals surface area contributed by atoms with E-state index in [-0.39, 0.29) is 11.7 Å². The second kappa shape index (κ2) is 7.97. The van der Waals surface area contributed by atoms with Crippen LogP contribution in [0.4, 0.5) is 0 Å². The van der Waals surface area contributed by atoms with Crippen molar-refractivity contribution in [2.24, 2.45) is 0 Å². The summed E-state index contributed by atoms with van der Waals surface area (Å²) in [6.45, 7) is 3.63. The third-order valence-corrected chi connectivity index (χ3v) is 6.34. The fourth-order valence-electron chi connectivity index (χ4n) is 3.01. The SMILES string of the molecule is Cc1ccc(CS(=O)(=O)N2CCCN(C(=O)c3ccccn3)CC2)cc1. The van der Waals surface area contributed by atoms with Crippen LogP contribution in [0.15, 0.2) is 48.7 Å². The molecule has 1 aliphatic rings. The minimum Gasteiger partial charge on any atom is -0.336 e. The number of carbonyl (C=O) groups is 1. The summed E-state index contributed by atoms with van der Waals surface area (Å²) in [4.78, 5) is 18.3. The number of carbonyl (C=O) groups excluding carboxylic acids is 1. The van der Waals surface area contributed by atoms with E-state index in [4.69, 9.17) is 0 Å².